The number of carbonyl (C=O) groups excluding carboxylic acids is 1. The number of sulfonamides is 1. The van der Waals surface area contributed by atoms with Crippen molar-refractivity contribution in [1.29, 1.82) is 0 Å². The Morgan fingerprint density at radius 2 is 1.86 bits per heavy atom. The molecule has 192 valence electrons. The molecule has 0 saturated heterocycles. The predicted octanol–water partition coefficient (Wildman–Crippen LogP) is 3.74. The summed E-state index contributed by atoms with van der Waals surface area (Å²) in [5.41, 5.74) is 2.77. The van der Waals surface area contributed by atoms with Crippen LogP contribution in [0.3, 0.4) is 0 Å². The van der Waals surface area contributed by atoms with E-state index >= 15 is 0 Å². The van der Waals surface area contributed by atoms with E-state index in [4.69, 9.17) is 4.74 Å². The standard InChI is InChI=1S/C26H36FN3O4S/c1-18(24-11-10-23(27)17-25(24)34-2)28-13-12-19-4-5-22(16-19)20-6-8-21(9-7-20)26(31)29-14-15-30-35(3,32)33/h6-11,17-19,22,28,30H,4-5,12-16H2,1-3H3,(H,29,31)/t18-,19?,22+/m1/s1. The third kappa shape index (κ3) is 8.30. The molecule has 9 heteroatoms. The van der Waals surface area contributed by atoms with Crippen LogP contribution < -0.4 is 20.1 Å². The van der Waals surface area contributed by atoms with E-state index in [9.17, 15) is 17.6 Å². The Hall–Kier alpha value is -2.49. The Morgan fingerprint density at radius 1 is 1.11 bits per heavy atom. The van der Waals surface area contributed by atoms with Gasteiger partial charge in [-0.2, -0.15) is 0 Å². The molecule has 0 bridgehead atoms. The van der Waals surface area contributed by atoms with Gasteiger partial charge in [0.1, 0.15) is 11.6 Å². The third-order valence-corrected chi connectivity index (χ3v) is 7.35. The summed E-state index contributed by atoms with van der Waals surface area (Å²) in [7, 11) is -1.70. The summed E-state index contributed by atoms with van der Waals surface area (Å²) in [4.78, 5) is 12.3. The molecule has 0 spiro atoms. The number of hydrogen-bond acceptors (Lipinski definition) is 5. The van der Waals surface area contributed by atoms with Crippen molar-refractivity contribution in [1.82, 2.24) is 15.4 Å². The lowest BCUT2D eigenvalue weighted by atomic mass is 9.94. The van der Waals surface area contributed by atoms with Gasteiger partial charge < -0.3 is 15.4 Å². The number of nitrogens with one attached hydrogen (secondary N) is 3. The van der Waals surface area contributed by atoms with E-state index < -0.39 is 10.0 Å². The molecule has 0 radical (unpaired) electrons. The second-order valence-corrected chi connectivity index (χ2v) is 11.1. The summed E-state index contributed by atoms with van der Waals surface area (Å²) in [6.07, 6.45) is 5.60. The van der Waals surface area contributed by atoms with Gasteiger partial charge in [0, 0.05) is 36.3 Å². The van der Waals surface area contributed by atoms with Crippen LogP contribution in [0.15, 0.2) is 42.5 Å². The molecule has 1 saturated carbocycles. The zero-order valence-corrected chi connectivity index (χ0v) is 21.5. The zero-order valence-electron chi connectivity index (χ0n) is 20.6. The number of methoxy groups -OCH3 is 1. The summed E-state index contributed by atoms with van der Waals surface area (Å²) in [5, 5.41) is 6.26. The molecule has 0 aromatic heterocycles. The van der Waals surface area contributed by atoms with Gasteiger partial charge in [0.2, 0.25) is 10.0 Å². The first kappa shape index (κ1) is 27.1. The molecule has 7 nitrogen and oxygen atoms in total. The maximum absolute atomic E-state index is 13.4. The molecule has 1 aliphatic carbocycles. The molecule has 0 aliphatic heterocycles. The molecule has 0 heterocycles. The van der Waals surface area contributed by atoms with Crippen LogP contribution in [0.2, 0.25) is 0 Å². The lowest BCUT2D eigenvalue weighted by Crippen LogP contribution is -2.34. The summed E-state index contributed by atoms with van der Waals surface area (Å²) in [5.74, 6) is 1.18. The van der Waals surface area contributed by atoms with Gasteiger partial charge in [0.15, 0.2) is 0 Å². The average molecular weight is 506 g/mol. The molecular formula is C26H36FN3O4S. The molecule has 1 amide bonds. The quantitative estimate of drug-likeness (QED) is 0.382. The Bertz CT molecular complexity index is 1090. The van der Waals surface area contributed by atoms with Crippen molar-refractivity contribution in [3.63, 3.8) is 0 Å². The van der Waals surface area contributed by atoms with Crippen molar-refractivity contribution in [3.8, 4) is 5.75 Å². The van der Waals surface area contributed by atoms with E-state index in [0.29, 0.717) is 23.1 Å². The van der Waals surface area contributed by atoms with Gasteiger partial charge in [0.25, 0.3) is 5.91 Å². The van der Waals surface area contributed by atoms with Crippen molar-refractivity contribution in [2.24, 2.45) is 5.92 Å². The van der Waals surface area contributed by atoms with Gasteiger partial charge in [-0.25, -0.2) is 17.5 Å². The zero-order chi connectivity index (χ0) is 25.4. The second kappa shape index (κ2) is 12.5. The number of hydrogen-bond donors (Lipinski definition) is 3. The molecule has 3 rings (SSSR count). The fraction of sp³-hybridized carbons (Fsp3) is 0.500. The van der Waals surface area contributed by atoms with E-state index in [0.717, 1.165) is 37.6 Å². The number of rotatable bonds is 12. The molecular weight excluding hydrogens is 469 g/mol. The third-order valence-electron chi connectivity index (χ3n) is 6.63. The van der Waals surface area contributed by atoms with Gasteiger partial charge in [0.05, 0.1) is 13.4 Å². The molecule has 35 heavy (non-hydrogen) atoms. The minimum absolute atomic E-state index is 0.0728. The average Bonchev–Trinajstić information content (AvgIpc) is 3.30. The minimum Gasteiger partial charge on any atom is -0.496 e. The number of halogens is 1. The Balaban J connectivity index is 1.42. The first-order valence-corrected chi connectivity index (χ1v) is 13.9. The highest BCUT2D eigenvalue weighted by atomic mass is 32.2. The second-order valence-electron chi connectivity index (χ2n) is 9.27. The maximum Gasteiger partial charge on any atom is 0.251 e. The summed E-state index contributed by atoms with van der Waals surface area (Å²) >= 11 is 0. The monoisotopic (exact) mass is 505 g/mol. The smallest absolute Gasteiger partial charge is 0.251 e. The molecule has 2 aromatic rings. The van der Waals surface area contributed by atoms with Crippen LogP contribution in [0.5, 0.6) is 5.75 Å². The van der Waals surface area contributed by atoms with Gasteiger partial charge >= 0.3 is 0 Å². The van der Waals surface area contributed by atoms with E-state index in [1.165, 1.54) is 24.1 Å². The van der Waals surface area contributed by atoms with Gasteiger partial charge in [-0.05, 0) is 74.8 Å². The van der Waals surface area contributed by atoms with Crippen LogP contribution in [0.1, 0.15) is 66.1 Å². The van der Waals surface area contributed by atoms with Crippen LogP contribution >= 0.6 is 0 Å². The Kier molecular flexibility index (Phi) is 9.65. The Morgan fingerprint density at radius 3 is 2.54 bits per heavy atom. The molecule has 3 N–H and O–H groups in total. The van der Waals surface area contributed by atoms with E-state index in [1.54, 1.807) is 13.2 Å². The van der Waals surface area contributed by atoms with E-state index in [-0.39, 0.29) is 30.9 Å². The van der Waals surface area contributed by atoms with Crippen molar-refractivity contribution in [2.45, 2.75) is 44.6 Å². The van der Waals surface area contributed by atoms with E-state index in [2.05, 4.69) is 22.3 Å². The van der Waals surface area contributed by atoms with E-state index in [1.807, 2.05) is 24.3 Å². The van der Waals surface area contributed by atoms with Crippen molar-refractivity contribution >= 4 is 15.9 Å². The fourth-order valence-corrected chi connectivity index (χ4v) is 5.19. The lowest BCUT2D eigenvalue weighted by Gasteiger charge is -2.19. The van der Waals surface area contributed by atoms with Crippen LogP contribution in [-0.4, -0.2) is 47.3 Å². The normalized spacial score (nSPS) is 18.9. The summed E-state index contributed by atoms with van der Waals surface area (Å²) in [6.45, 7) is 3.34. The van der Waals surface area contributed by atoms with Gasteiger partial charge in [-0.15, -0.1) is 0 Å². The van der Waals surface area contributed by atoms with Gasteiger partial charge in [-0.1, -0.05) is 18.2 Å². The summed E-state index contributed by atoms with van der Waals surface area (Å²) in [6, 6.07) is 12.4. The maximum atomic E-state index is 13.4. The van der Waals surface area contributed by atoms with Crippen molar-refractivity contribution < 1.29 is 22.3 Å². The minimum atomic E-state index is -3.26. The first-order chi connectivity index (χ1) is 16.7. The predicted molar refractivity (Wildman–Crippen MR) is 136 cm³/mol. The number of ether oxygens (including phenoxy) is 1. The van der Waals surface area contributed by atoms with Crippen LogP contribution in [0.4, 0.5) is 4.39 Å². The van der Waals surface area contributed by atoms with Crippen molar-refractivity contribution in [2.75, 3.05) is 33.0 Å². The van der Waals surface area contributed by atoms with Gasteiger partial charge in [-0.3, -0.25) is 4.79 Å². The Labute approximate surface area is 207 Å². The molecule has 1 fully saturated rings. The SMILES string of the molecule is COc1cc(F)ccc1[C@@H](C)NCCC1CC[C@H](c2ccc(C(=O)NCCNS(C)(=O)=O)cc2)C1. The van der Waals surface area contributed by atoms with Crippen LogP contribution in [0, 0.1) is 11.7 Å². The molecule has 1 unspecified atom stereocenters. The fourth-order valence-electron chi connectivity index (χ4n) is 4.72. The highest BCUT2D eigenvalue weighted by Crippen LogP contribution is 2.39. The largest absolute Gasteiger partial charge is 0.496 e. The van der Waals surface area contributed by atoms with Crippen molar-refractivity contribution in [3.05, 3.63) is 65.0 Å². The molecule has 2 aromatic carbocycles. The molecule has 1 aliphatic rings. The number of amides is 1. The lowest BCUT2D eigenvalue weighted by molar-refractivity contribution is 0.0954. The highest BCUT2D eigenvalue weighted by molar-refractivity contribution is 7.88. The number of benzene rings is 2. The molecule has 3 atom stereocenters. The highest BCUT2D eigenvalue weighted by Gasteiger charge is 2.26. The first-order valence-electron chi connectivity index (χ1n) is 12.1. The van der Waals surface area contributed by atoms with Crippen LogP contribution in [0.25, 0.3) is 0 Å². The summed E-state index contributed by atoms with van der Waals surface area (Å²) < 4.78 is 43.3. The van der Waals surface area contributed by atoms with Crippen LogP contribution in [-0.2, 0) is 10.0 Å². The topological polar surface area (TPSA) is 96.5 Å². The number of carbonyl (C=O) groups is 1.